The van der Waals surface area contributed by atoms with Gasteiger partial charge in [0.25, 0.3) is 0 Å². The molecule has 1 aromatic heterocycles. The summed E-state index contributed by atoms with van der Waals surface area (Å²) in [7, 11) is 0. The molecule has 1 saturated heterocycles. The van der Waals surface area contributed by atoms with Crippen LogP contribution in [0.1, 0.15) is 15.9 Å². The molecule has 0 bridgehead atoms. The molecule has 0 amide bonds. The monoisotopic (exact) mass is 365 g/mol. The summed E-state index contributed by atoms with van der Waals surface area (Å²) in [5, 5.41) is 1.10. The molecule has 4 rings (SSSR count). The number of benzene rings is 2. The van der Waals surface area contributed by atoms with Crippen molar-refractivity contribution in [3.05, 3.63) is 77.0 Å². The number of para-hydroxylation sites is 1. The highest BCUT2D eigenvalue weighted by atomic mass is 35.5. The first-order valence-electron chi connectivity index (χ1n) is 8.31. The highest BCUT2D eigenvalue weighted by Crippen LogP contribution is 2.22. The van der Waals surface area contributed by atoms with E-state index in [0.29, 0.717) is 12.2 Å². The van der Waals surface area contributed by atoms with Crippen molar-refractivity contribution in [2.24, 2.45) is 0 Å². The third kappa shape index (κ3) is 3.93. The SMILES string of the molecule is O=C(/C=C/c1ccc(OCC2CO2)cc1)c1cc2ccccc2nc1Cl. The number of allylic oxidation sites excluding steroid dienone is 1. The van der Waals surface area contributed by atoms with Crippen molar-refractivity contribution in [2.75, 3.05) is 13.2 Å². The fraction of sp³-hybridized carbons (Fsp3) is 0.143. The molecule has 0 N–H and O–H groups in total. The second-order valence-corrected chi connectivity index (χ2v) is 6.41. The fourth-order valence-corrected chi connectivity index (χ4v) is 2.79. The molecule has 0 spiro atoms. The van der Waals surface area contributed by atoms with Crippen molar-refractivity contribution in [3.8, 4) is 5.75 Å². The maximum atomic E-state index is 12.5. The highest BCUT2D eigenvalue weighted by Gasteiger charge is 2.22. The Morgan fingerprint density at radius 1 is 1.23 bits per heavy atom. The van der Waals surface area contributed by atoms with Crippen LogP contribution in [-0.2, 0) is 4.74 Å². The largest absolute Gasteiger partial charge is 0.491 e. The van der Waals surface area contributed by atoms with Crippen molar-refractivity contribution in [1.82, 2.24) is 4.98 Å². The summed E-state index contributed by atoms with van der Waals surface area (Å²) in [6, 6.07) is 16.9. The van der Waals surface area contributed by atoms with Gasteiger partial charge in [0.15, 0.2) is 5.78 Å². The lowest BCUT2D eigenvalue weighted by Gasteiger charge is -2.04. The van der Waals surface area contributed by atoms with Gasteiger partial charge in [0.2, 0.25) is 0 Å². The molecule has 1 atom stereocenters. The number of rotatable bonds is 6. The van der Waals surface area contributed by atoms with Gasteiger partial charge in [0, 0.05) is 5.39 Å². The minimum absolute atomic E-state index is 0.181. The zero-order chi connectivity index (χ0) is 17.9. The average molecular weight is 366 g/mol. The van der Waals surface area contributed by atoms with Crippen LogP contribution < -0.4 is 4.74 Å². The predicted molar refractivity (Wildman–Crippen MR) is 102 cm³/mol. The summed E-state index contributed by atoms with van der Waals surface area (Å²) >= 11 is 6.17. The summed E-state index contributed by atoms with van der Waals surface area (Å²) in [5.74, 6) is 0.602. The first kappa shape index (κ1) is 16.8. The van der Waals surface area contributed by atoms with Crippen LogP contribution in [0.4, 0.5) is 0 Å². The third-order valence-corrected chi connectivity index (χ3v) is 4.38. The van der Waals surface area contributed by atoms with E-state index in [2.05, 4.69) is 4.98 Å². The van der Waals surface area contributed by atoms with Gasteiger partial charge >= 0.3 is 0 Å². The molecule has 4 nitrogen and oxygen atoms in total. The van der Waals surface area contributed by atoms with E-state index in [1.165, 1.54) is 6.08 Å². The summed E-state index contributed by atoms with van der Waals surface area (Å²) in [4.78, 5) is 16.8. The summed E-state index contributed by atoms with van der Waals surface area (Å²) < 4.78 is 10.7. The Hall–Kier alpha value is -2.69. The number of epoxide rings is 1. The lowest BCUT2D eigenvalue weighted by Crippen LogP contribution is -2.03. The molecular formula is C21H16ClNO3. The molecule has 5 heteroatoms. The standard InChI is InChI=1S/C21H16ClNO3/c22-21-18(11-15-3-1-2-4-19(15)23-21)20(24)10-7-14-5-8-16(9-6-14)25-12-17-13-26-17/h1-11,17H,12-13H2/b10-7+. The number of carbonyl (C=O) groups is 1. The first-order chi connectivity index (χ1) is 12.7. The van der Waals surface area contributed by atoms with Gasteiger partial charge in [0.05, 0.1) is 17.7 Å². The molecule has 1 aliphatic rings. The van der Waals surface area contributed by atoms with E-state index in [1.807, 2.05) is 48.5 Å². The quantitative estimate of drug-likeness (QED) is 0.278. The van der Waals surface area contributed by atoms with Crippen LogP contribution >= 0.6 is 11.6 Å². The van der Waals surface area contributed by atoms with Crippen LogP contribution in [0.2, 0.25) is 5.15 Å². The van der Waals surface area contributed by atoms with Crippen LogP contribution in [0.3, 0.4) is 0 Å². The molecule has 2 heterocycles. The molecule has 1 fully saturated rings. The van der Waals surface area contributed by atoms with Crippen molar-refractivity contribution < 1.29 is 14.3 Å². The second-order valence-electron chi connectivity index (χ2n) is 6.05. The number of ketones is 1. The van der Waals surface area contributed by atoms with Gasteiger partial charge in [-0.05, 0) is 35.9 Å². The lowest BCUT2D eigenvalue weighted by molar-refractivity contribution is 0.104. The summed E-state index contributed by atoms with van der Waals surface area (Å²) in [5.41, 5.74) is 2.06. The van der Waals surface area contributed by atoms with E-state index in [-0.39, 0.29) is 17.0 Å². The molecule has 3 aromatic rings. The van der Waals surface area contributed by atoms with Crippen molar-refractivity contribution >= 4 is 34.4 Å². The number of hydrogen-bond donors (Lipinski definition) is 0. The Kier molecular flexibility index (Phi) is 4.69. The number of halogens is 1. The first-order valence-corrected chi connectivity index (χ1v) is 8.69. The summed E-state index contributed by atoms with van der Waals surface area (Å²) in [6.45, 7) is 1.34. The number of aromatic nitrogens is 1. The van der Waals surface area contributed by atoms with E-state index in [0.717, 1.165) is 28.8 Å². The molecule has 2 aromatic carbocycles. The molecule has 1 aliphatic heterocycles. The minimum atomic E-state index is -0.181. The number of ether oxygens (including phenoxy) is 2. The Labute approximate surface area is 156 Å². The van der Waals surface area contributed by atoms with Crippen LogP contribution in [0, 0.1) is 0 Å². The van der Waals surface area contributed by atoms with Crippen molar-refractivity contribution in [2.45, 2.75) is 6.10 Å². The van der Waals surface area contributed by atoms with Gasteiger partial charge in [-0.15, -0.1) is 0 Å². The van der Waals surface area contributed by atoms with Crippen LogP contribution in [0.15, 0.2) is 60.7 Å². The van der Waals surface area contributed by atoms with Gasteiger partial charge < -0.3 is 9.47 Å². The maximum absolute atomic E-state index is 12.5. The molecular weight excluding hydrogens is 350 g/mol. The van der Waals surface area contributed by atoms with E-state index in [1.54, 1.807) is 12.1 Å². The Bertz CT molecular complexity index is 978. The van der Waals surface area contributed by atoms with Crippen LogP contribution in [-0.4, -0.2) is 30.1 Å². The third-order valence-electron chi connectivity index (χ3n) is 4.09. The van der Waals surface area contributed by atoms with Gasteiger partial charge in [-0.1, -0.05) is 48.0 Å². The fourth-order valence-electron chi connectivity index (χ4n) is 2.56. The van der Waals surface area contributed by atoms with Crippen LogP contribution in [0.5, 0.6) is 5.75 Å². The zero-order valence-corrected chi connectivity index (χ0v) is 14.6. The van der Waals surface area contributed by atoms with Gasteiger partial charge in [-0.2, -0.15) is 0 Å². The van der Waals surface area contributed by atoms with Gasteiger partial charge in [-0.3, -0.25) is 4.79 Å². The van der Waals surface area contributed by atoms with Crippen LogP contribution in [0.25, 0.3) is 17.0 Å². The zero-order valence-electron chi connectivity index (χ0n) is 13.9. The Morgan fingerprint density at radius 3 is 2.77 bits per heavy atom. The Balaban J connectivity index is 1.47. The highest BCUT2D eigenvalue weighted by molar-refractivity contribution is 6.34. The molecule has 130 valence electrons. The molecule has 26 heavy (non-hydrogen) atoms. The Morgan fingerprint density at radius 2 is 2.00 bits per heavy atom. The average Bonchev–Trinajstić information content (AvgIpc) is 3.49. The van der Waals surface area contributed by atoms with Crippen molar-refractivity contribution in [1.29, 1.82) is 0 Å². The normalized spacial score (nSPS) is 16.1. The van der Waals surface area contributed by atoms with Gasteiger partial charge in [-0.25, -0.2) is 4.98 Å². The lowest BCUT2D eigenvalue weighted by atomic mass is 10.1. The van der Waals surface area contributed by atoms with Gasteiger partial charge in [0.1, 0.15) is 23.6 Å². The number of hydrogen-bond acceptors (Lipinski definition) is 4. The second kappa shape index (κ2) is 7.28. The van der Waals surface area contributed by atoms with E-state index >= 15 is 0 Å². The van der Waals surface area contributed by atoms with E-state index < -0.39 is 0 Å². The molecule has 1 unspecified atom stereocenters. The van der Waals surface area contributed by atoms with Crippen molar-refractivity contribution in [3.63, 3.8) is 0 Å². The van der Waals surface area contributed by atoms with E-state index in [9.17, 15) is 4.79 Å². The summed E-state index contributed by atoms with van der Waals surface area (Å²) in [6.07, 6.45) is 3.49. The smallest absolute Gasteiger partial charge is 0.188 e. The molecule has 0 aliphatic carbocycles. The number of nitrogens with zero attached hydrogens (tertiary/aromatic N) is 1. The topological polar surface area (TPSA) is 51.7 Å². The minimum Gasteiger partial charge on any atom is -0.491 e. The number of fused-ring (bicyclic) bond motifs is 1. The predicted octanol–water partition coefficient (Wildman–Crippen LogP) is 4.56. The molecule has 0 saturated carbocycles. The van der Waals surface area contributed by atoms with E-state index in [4.69, 9.17) is 21.1 Å². The number of pyridine rings is 1. The number of carbonyl (C=O) groups excluding carboxylic acids is 1. The molecule has 0 radical (unpaired) electrons. The maximum Gasteiger partial charge on any atom is 0.188 e.